The van der Waals surface area contributed by atoms with Gasteiger partial charge in [0.1, 0.15) is 5.76 Å². The molecule has 0 saturated carbocycles. The van der Waals surface area contributed by atoms with E-state index in [9.17, 15) is 9.59 Å². The van der Waals surface area contributed by atoms with E-state index in [1.54, 1.807) is 17.9 Å². The first-order valence-corrected chi connectivity index (χ1v) is 7.76. The molecule has 4 rings (SSSR count). The van der Waals surface area contributed by atoms with Gasteiger partial charge in [0.25, 0.3) is 0 Å². The molecule has 2 aliphatic heterocycles. The highest BCUT2D eigenvalue weighted by molar-refractivity contribution is 6.04. The van der Waals surface area contributed by atoms with Gasteiger partial charge in [-0.05, 0) is 25.0 Å². The molecule has 1 aromatic carbocycles. The Hall–Kier alpha value is -2.63. The summed E-state index contributed by atoms with van der Waals surface area (Å²) in [5, 5.41) is 3.88. The van der Waals surface area contributed by atoms with Gasteiger partial charge in [0.05, 0.1) is 5.92 Å². The van der Waals surface area contributed by atoms with Gasteiger partial charge in [-0.2, -0.15) is 0 Å². The molecule has 0 N–H and O–H groups in total. The summed E-state index contributed by atoms with van der Waals surface area (Å²) in [6.45, 7) is 2.83. The summed E-state index contributed by atoms with van der Waals surface area (Å²) in [6.07, 6.45) is 1.10. The molecular weight excluding hydrogens is 294 g/mol. The van der Waals surface area contributed by atoms with Gasteiger partial charge in [-0.15, -0.1) is 0 Å². The molecule has 6 nitrogen and oxygen atoms in total. The van der Waals surface area contributed by atoms with Crippen molar-refractivity contribution in [2.24, 2.45) is 5.92 Å². The van der Waals surface area contributed by atoms with Gasteiger partial charge < -0.3 is 9.42 Å². The van der Waals surface area contributed by atoms with Crippen molar-refractivity contribution in [1.29, 1.82) is 0 Å². The Kier molecular flexibility index (Phi) is 3.18. The predicted molar refractivity (Wildman–Crippen MR) is 84.2 cm³/mol. The number of para-hydroxylation sites is 1. The average molecular weight is 311 g/mol. The van der Waals surface area contributed by atoms with Crippen LogP contribution in [0.15, 0.2) is 34.9 Å². The molecule has 1 fully saturated rings. The first kappa shape index (κ1) is 14.0. The van der Waals surface area contributed by atoms with Crippen molar-refractivity contribution in [2.75, 3.05) is 22.9 Å². The number of benzene rings is 1. The minimum absolute atomic E-state index is 0.0195. The number of hydrogen-bond acceptors (Lipinski definition) is 4. The highest BCUT2D eigenvalue weighted by Gasteiger charge is 2.39. The van der Waals surface area contributed by atoms with Crippen LogP contribution >= 0.6 is 0 Å². The highest BCUT2D eigenvalue weighted by atomic mass is 16.5. The molecule has 2 aromatic rings. The third-order valence-corrected chi connectivity index (χ3v) is 4.52. The zero-order valence-electron chi connectivity index (χ0n) is 12.9. The minimum Gasteiger partial charge on any atom is -0.360 e. The lowest BCUT2D eigenvalue weighted by Gasteiger charge is -2.21. The number of aromatic nitrogens is 1. The fourth-order valence-corrected chi connectivity index (χ4v) is 3.36. The second-order valence-electron chi connectivity index (χ2n) is 6.07. The standard InChI is InChI=1S/C17H17N3O3/c1-11-8-15(18-23-11)20-10-13(9-16(20)21)17(22)19-7-6-12-4-2-3-5-14(12)19/h2-5,8,13H,6-7,9-10H2,1H3. The van der Waals surface area contributed by atoms with Gasteiger partial charge in [-0.25, -0.2) is 0 Å². The van der Waals surface area contributed by atoms with Crippen LogP contribution in [0, 0.1) is 12.8 Å². The van der Waals surface area contributed by atoms with E-state index in [1.807, 2.05) is 29.2 Å². The summed E-state index contributed by atoms with van der Waals surface area (Å²) >= 11 is 0. The molecular formula is C17H17N3O3. The van der Waals surface area contributed by atoms with E-state index in [0.29, 0.717) is 24.7 Å². The van der Waals surface area contributed by atoms with Crippen molar-refractivity contribution in [3.05, 3.63) is 41.7 Å². The fraction of sp³-hybridized carbons (Fsp3) is 0.353. The number of anilines is 2. The maximum atomic E-state index is 12.8. The topological polar surface area (TPSA) is 66.7 Å². The Morgan fingerprint density at radius 1 is 1.35 bits per heavy atom. The molecule has 1 atom stereocenters. The smallest absolute Gasteiger partial charge is 0.232 e. The van der Waals surface area contributed by atoms with E-state index in [2.05, 4.69) is 5.16 Å². The summed E-state index contributed by atoms with van der Waals surface area (Å²) in [7, 11) is 0. The van der Waals surface area contributed by atoms with Crippen LogP contribution < -0.4 is 9.80 Å². The molecule has 23 heavy (non-hydrogen) atoms. The minimum atomic E-state index is -0.328. The van der Waals surface area contributed by atoms with Gasteiger partial charge in [-0.1, -0.05) is 23.4 Å². The molecule has 0 spiro atoms. The van der Waals surface area contributed by atoms with Crippen LogP contribution in [0.3, 0.4) is 0 Å². The molecule has 1 unspecified atom stereocenters. The highest BCUT2D eigenvalue weighted by Crippen LogP contribution is 2.32. The van der Waals surface area contributed by atoms with Crippen LogP contribution in [-0.2, 0) is 16.0 Å². The lowest BCUT2D eigenvalue weighted by atomic mass is 10.1. The summed E-state index contributed by atoms with van der Waals surface area (Å²) in [5.41, 5.74) is 2.16. The zero-order valence-corrected chi connectivity index (χ0v) is 12.9. The first-order valence-electron chi connectivity index (χ1n) is 7.76. The second-order valence-corrected chi connectivity index (χ2v) is 6.07. The Balaban J connectivity index is 1.54. The number of rotatable bonds is 2. The Morgan fingerprint density at radius 2 is 2.17 bits per heavy atom. The van der Waals surface area contributed by atoms with E-state index in [-0.39, 0.29) is 24.2 Å². The van der Waals surface area contributed by atoms with Crippen molar-refractivity contribution in [1.82, 2.24) is 5.16 Å². The third kappa shape index (κ3) is 2.30. The van der Waals surface area contributed by atoms with Crippen LogP contribution in [0.5, 0.6) is 0 Å². The number of carbonyl (C=O) groups excluding carboxylic acids is 2. The van der Waals surface area contributed by atoms with Crippen molar-refractivity contribution < 1.29 is 14.1 Å². The molecule has 1 saturated heterocycles. The van der Waals surface area contributed by atoms with Crippen molar-refractivity contribution in [2.45, 2.75) is 19.8 Å². The number of carbonyl (C=O) groups is 2. The maximum Gasteiger partial charge on any atom is 0.232 e. The van der Waals surface area contributed by atoms with Crippen LogP contribution in [0.2, 0.25) is 0 Å². The fourth-order valence-electron chi connectivity index (χ4n) is 3.36. The monoisotopic (exact) mass is 311 g/mol. The second kappa shape index (κ2) is 5.22. The van der Waals surface area contributed by atoms with Gasteiger partial charge in [-0.3, -0.25) is 14.5 Å². The van der Waals surface area contributed by atoms with Gasteiger partial charge in [0, 0.05) is 31.3 Å². The van der Waals surface area contributed by atoms with Gasteiger partial charge in [0.15, 0.2) is 5.82 Å². The number of amides is 2. The Labute approximate surface area is 133 Å². The van der Waals surface area contributed by atoms with Crippen molar-refractivity contribution in [3.63, 3.8) is 0 Å². The zero-order chi connectivity index (χ0) is 16.0. The lowest BCUT2D eigenvalue weighted by molar-refractivity contribution is -0.124. The molecule has 0 bridgehead atoms. The molecule has 0 aliphatic carbocycles. The first-order chi connectivity index (χ1) is 11.1. The largest absolute Gasteiger partial charge is 0.360 e. The molecule has 118 valence electrons. The van der Waals surface area contributed by atoms with E-state index in [0.717, 1.165) is 12.1 Å². The van der Waals surface area contributed by atoms with Crippen LogP contribution in [-0.4, -0.2) is 30.1 Å². The van der Waals surface area contributed by atoms with E-state index < -0.39 is 0 Å². The predicted octanol–water partition coefficient (Wildman–Crippen LogP) is 1.93. The van der Waals surface area contributed by atoms with Crippen LogP contribution in [0.1, 0.15) is 17.7 Å². The summed E-state index contributed by atoms with van der Waals surface area (Å²) < 4.78 is 5.03. The molecule has 2 amide bonds. The quantitative estimate of drug-likeness (QED) is 0.850. The average Bonchev–Trinajstić information content (AvgIpc) is 3.24. The molecule has 6 heteroatoms. The van der Waals surface area contributed by atoms with E-state index in [1.165, 1.54) is 5.56 Å². The van der Waals surface area contributed by atoms with Gasteiger partial charge in [0.2, 0.25) is 11.8 Å². The summed E-state index contributed by atoms with van der Waals surface area (Å²) in [5.74, 6) is 0.751. The SMILES string of the molecule is Cc1cc(N2CC(C(=O)N3CCc4ccccc43)CC2=O)no1. The van der Waals surface area contributed by atoms with E-state index >= 15 is 0 Å². The summed E-state index contributed by atoms with van der Waals surface area (Å²) in [6, 6.07) is 9.66. The van der Waals surface area contributed by atoms with Crippen molar-refractivity contribution >= 4 is 23.3 Å². The number of fused-ring (bicyclic) bond motifs is 1. The third-order valence-electron chi connectivity index (χ3n) is 4.52. The van der Waals surface area contributed by atoms with Crippen LogP contribution in [0.4, 0.5) is 11.5 Å². The summed E-state index contributed by atoms with van der Waals surface area (Å²) in [4.78, 5) is 28.4. The Bertz CT molecular complexity index is 783. The number of nitrogens with zero attached hydrogens (tertiary/aromatic N) is 3. The van der Waals surface area contributed by atoms with Crippen molar-refractivity contribution in [3.8, 4) is 0 Å². The Morgan fingerprint density at radius 3 is 2.96 bits per heavy atom. The van der Waals surface area contributed by atoms with E-state index in [4.69, 9.17) is 4.52 Å². The molecule has 3 heterocycles. The van der Waals surface area contributed by atoms with Gasteiger partial charge >= 0.3 is 0 Å². The molecule has 1 aromatic heterocycles. The molecule has 0 radical (unpaired) electrons. The normalized spacial score (nSPS) is 20.2. The van der Waals surface area contributed by atoms with Crippen LogP contribution in [0.25, 0.3) is 0 Å². The molecule has 2 aliphatic rings. The number of aryl methyl sites for hydroxylation is 1. The lowest BCUT2D eigenvalue weighted by Crippen LogP contribution is -2.36. The number of hydrogen-bond donors (Lipinski definition) is 0. The maximum absolute atomic E-state index is 12.8.